The van der Waals surface area contributed by atoms with Gasteiger partial charge in [0.1, 0.15) is 7.05 Å². The molecule has 0 aliphatic heterocycles. The number of fused-ring (bicyclic) bond motifs is 5. The van der Waals surface area contributed by atoms with Crippen molar-refractivity contribution >= 4 is 62.3 Å². The summed E-state index contributed by atoms with van der Waals surface area (Å²) in [5.74, 6) is 0. The first kappa shape index (κ1) is 21.6. The third-order valence-corrected chi connectivity index (χ3v) is 9.50. The standard InChI is InChI=1S/C31H35N2Si/c1-19-9-12-22-23-17-20(18-31(2,3)4)10-13-24(23)33-28(22)26(19)30-27-21(15-16-32(30)5)11-14-25(29(27)33)34(6,7)8/h9-17H,18H2,1-8H3/q+1. The minimum atomic E-state index is -1.61. The van der Waals surface area contributed by atoms with Crippen molar-refractivity contribution in [2.24, 2.45) is 12.5 Å². The number of nitrogens with zero attached hydrogens (tertiary/aromatic N) is 2. The molecule has 6 rings (SSSR count). The monoisotopic (exact) mass is 463 g/mol. The van der Waals surface area contributed by atoms with Crippen molar-refractivity contribution in [2.45, 2.75) is 53.8 Å². The smallest absolute Gasteiger partial charge is 0.224 e. The summed E-state index contributed by atoms with van der Waals surface area (Å²) < 4.78 is 4.96. The molecule has 3 aromatic heterocycles. The maximum absolute atomic E-state index is 2.62. The van der Waals surface area contributed by atoms with Gasteiger partial charge in [-0.2, -0.15) is 0 Å². The summed E-state index contributed by atoms with van der Waals surface area (Å²) in [6.07, 6.45) is 3.31. The molecule has 0 amide bonds. The van der Waals surface area contributed by atoms with Crippen molar-refractivity contribution in [1.82, 2.24) is 4.40 Å². The lowest BCUT2D eigenvalue weighted by Crippen LogP contribution is -2.39. The summed E-state index contributed by atoms with van der Waals surface area (Å²) in [6, 6.07) is 18.9. The quantitative estimate of drug-likeness (QED) is 0.111. The van der Waals surface area contributed by atoms with E-state index in [4.69, 9.17) is 0 Å². The lowest BCUT2D eigenvalue weighted by Gasteiger charge is -2.22. The van der Waals surface area contributed by atoms with Crippen LogP contribution in [0.1, 0.15) is 31.9 Å². The van der Waals surface area contributed by atoms with Crippen LogP contribution in [-0.2, 0) is 13.5 Å². The zero-order valence-corrected chi connectivity index (χ0v) is 22.8. The van der Waals surface area contributed by atoms with Gasteiger partial charge in [0.2, 0.25) is 5.52 Å². The maximum atomic E-state index is 2.62. The Morgan fingerprint density at radius 2 is 1.62 bits per heavy atom. The fourth-order valence-corrected chi connectivity index (χ4v) is 7.62. The van der Waals surface area contributed by atoms with E-state index in [2.05, 4.69) is 118 Å². The first-order valence-electron chi connectivity index (χ1n) is 12.5. The molecule has 2 nitrogen and oxygen atoms in total. The largest absolute Gasteiger partial charge is 0.308 e. The first-order chi connectivity index (χ1) is 16.0. The van der Waals surface area contributed by atoms with Gasteiger partial charge in [0.15, 0.2) is 6.20 Å². The molecule has 6 aromatic rings. The van der Waals surface area contributed by atoms with E-state index in [0.717, 1.165) is 6.42 Å². The van der Waals surface area contributed by atoms with Gasteiger partial charge in [-0.25, -0.2) is 4.57 Å². The van der Waals surface area contributed by atoms with Crippen LogP contribution in [0.4, 0.5) is 0 Å². The summed E-state index contributed by atoms with van der Waals surface area (Å²) in [6.45, 7) is 16.7. The van der Waals surface area contributed by atoms with Crippen LogP contribution in [0, 0.1) is 12.3 Å². The van der Waals surface area contributed by atoms with Crippen LogP contribution in [0.15, 0.2) is 54.7 Å². The molecule has 0 saturated carbocycles. The van der Waals surface area contributed by atoms with Crippen LogP contribution in [-0.4, -0.2) is 12.5 Å². The molecule has 3 heterocycles. The van der Waals surface area contributed by atoms with Crippen LogP contribution >= 0.6 is 0 Å². The molecular formula is C31H35N2Si+. The molecule has 3 aromatic carbocycles. The molecule has 34 heavy (non-hydrogen) atoms. The van der Waals surface area contributed by atoms with Crippen LogP contribution in [0.3, 0.4) is 0 Å². The Bertz CT molecular complexity index is 1760. The fraction of sp³-hybridized carbons (Fsp3) is 0.323. The lowest BCUT2D eigenvalue weighted by molar-refractivity contribution is -0.643. The van der Waals surface area contributed by atoms with Crippen molar-refractivity contribution in [3.63, 3.8) is 0 Å². The third kappa shape index (κ3) is 2.96. The second kappa shape index (κ2) is 6.82. The molecule has 172 valence electrons. The highest BCUT2D eigenvalue weighted by Gasteiger charge is 2.29. The highest BCUT2D eigenvalue weighted by atomic mass is 28.3. The molecule has 0 radical (unpaired) electrons. The summed E-state index contributed by atoms with van der Waals surface area (Å²) >= 11 is 0. The van der Waals surface area contributed by atoms with E-state index in [1.54, 1.807) is 0 Å². The minimum Gasteiger partial charge on any atom is -0.308 e. The van der Waals surface area contributed by atoms with E-state index in [9.17, 15) is 0 Å². The Hall–Kier alpha value is -2.91. The van der Waals surface area contributed by atoms with Crippen molar-refractivity contribution in [3.8, 4) is 0 Å². The van der Waals surface area contributed by atoms with E-state index >= 15 is 0 Å². The van der Waals surface area contributed by atoms with Gasteiger partial charge >= 0.3 is 0 Å². The first-order valence-corrected chi connectivity index (χ1v) is 16.0. The normalized spacial score (nSPS) is 13.4. The van der Waals surface area contributed by atoms with Crippen molar-refractivity contribution in [2.75, 3.05) is 0 Å². The summed E-state index contributed by atoms with van der Waals surface area (Å²) in [5, 5.41) is 8.42. The zero-order chi connectivity index (χ0) is 24.2. The Labute approximate surface area is 203 Å². The highest BCUT2D eigenvalue weighted by Crippen LogP contribution is 2.41. The van der Waals surface area contributed by atoms with Gasteiger partial charge in [-0.1, -0.05) is 70.7 Å². The van der Waals surface area contributed by atoms with Gasteiger partial charge in [0, 0.05) is 16.8 Å². The van der Waals surface area contributed by atoms with Crippen molar-refractivity contribution in [1.29, 1.82) is 0 Å². The SMILES string of the molecule is Cc1ccc2c3cc(CC(C)(C)C)ccc3n3c4c([Si](C)(C)C)ccc5cc[n+](C)c(c1c23)c54. The number of hydrogen-bond acceptors (Lipinski definition) is 0. The Morgan fingerprint density at radius 1 is 0.853 bits per heavy atom. The number of aryl methyl sites for hydroxylation is 2. The van der Waals surface area contributed by atoms with Gasteiger partial charge in [-0.15, -0.1) is 0 Å². The van der Waals surface area contributed by atoms with E-state index in [1.807, 2.05) is 0 Å². The average Bonchev–Trinajstić information content (AvgIpc) is 3.06. The number of aromatic nitrogens is 2. The van der Waals surface area contributed by atoms with Gasteiger partial charge < -0.3 is 4.40 Å². The molecular weight excluding hydrogens is 428 g/mol. The number of rotatable bonds is 2. The molecule has 0 bridgehead atoms. The predicted octanol–water partition coefficient (Wildman–Crippen LogP) is 7.26. The summed E-state index contributed by atoms with van der Waals surface area (Å²) in [7, 11) is 0.599. The number of hydrogen-bond donors (Lipinski definition) is 0. The molecule has 0 fully saturated rings. The number of pyridine rings is 2. The molecule has 0 N–H and O–H groups in total. The summed E-state index contributed by atoms with van der Waals surface area (Å²) in [4.78, 5) is 0. The lowest BCUT2D eigenvalue weighted by atomic mass is 9.88. The van der Waals surface area contributed by atoms with Crippen LogP contribution < -0.4 is 9.75 Å². The molecule has 0 spiro atoms. The van der Waals surface area contributed by atoms with Gasteiger partial charge in [-0.05, 0) is 52.6 Å². The molecule has 3 heteroatoms. The van der Waals surface area contributed by atoms with Gasteiger partial charge in [-0.3, -0.25) is 0 Å². The molecule has 0 atom stereocenters. The molecule has 0 aliphatic rings. The summed E-state index contributed by atoms with van der Waals surface area (Å²) in [5.41, 5.74) is 8.53. The fourth-order valence-electron chi connectivity index (χ4n) is 6.09. The van der Waals surface area contributed by atoms with Gasteiger partial charge in [0.05, 0.1) is 35.4 Å². The average molecular weight is 464 g/mol. The predicted molar refractivity (Wildman–Crippen MR) is 151 cm³/mol. The van der Waals surface area contributed by atoms with E-state index in [1.165, 1.54) is 65.3 Å². The zero-order valence-electron chi connectivity index (χ0n) is 21.8. The van der Waals surface area contributed by atoms with E-state index in [0.29, 0.717) is 0 Å². The molecule has 0 unspecified atom stereocenters. The second-order valence-electron chi connectivity index (χ2n) is 12.5. The highest BCUT2D eigenvalue weighted by molar-refractivity contribution is 6.90. The molecule has 0 saturated heterocycles. The van der Waals surface area contributed by atoms with E-state index < -0.39 is 8.07 Å². The topological polar surface area (TPSA) is 8.29 Å². The van der Waals surface area contributed by atoms with E-state index in [-0.39, 0.29) is 5.41 Å². The Kier molecular flexibility index (Phi) is 4.34. The minimum absolute atomic E-state index is 0.266. The van der Waals surface area contributed by atoms with Gasteiger partial charge in [0.25, 0.3) is 0 Å². The van der Waals surface area contributed by atoms with Crippen LogP contribution in [0.5, 0.6) is 0 Å². The van der Waals surface area contributed by atoms with Crippen LogP contribution in [0.2, 0.25) is 19.6 Å². The maximum Gasteiger partial charge on any atom is 0.224 e. The van der Waals surface area contributed by atoms with Crippen molar-refractivity contribution < 1.29 is 4.57 Å². The Morgan fingerprint density at radius 3 is 2.32 bits per heavy atom. The third-order valence-electron chi connectivity index (χ3n) is 7.48. The number of benzene rings is 3. The molecule has 0 aliphatic carbocycles. The Balaban J connectivity index is 1.95. The van der Waals surface area contributed by atoms with Crippen LogP contribution in [0.25, 0.3) is 49.0 Å². The second-order valence-corrected chi connectivity index (χ2v) is 17.6. The van der Waals surface area contributed by atoms with Crippen molar-refractivity contribution in [3.05, 3.63) is 65.9 Å².